The molecule has 0 spiro atoms. The summed E-state index contributed by atoms with van der Waals surface area (Å²) in [4.78, 5) is 50.6. The monoisotopic (exact) mass is 1040 g/mol. The number of aliphatic carboxylic acids is 1. The zero-order valence-electron chi connectivity index (χ0n) is 38.3. The molecule has 0 radical (unpaired) electrons. The second-order valence-electron chi connectivity index (χ2n) is 17.3. The van der Waals surface area contributed by atoms with E-state index in [1.54, 1.807) is 0 Å². The summed E-state index contributed by atoms with van der Waals surface area (Å²) in [7, 11) is 0. The molecule has 0 aliphatic carbocycles. The Hall–Kier alpha value is -3.08. The number of nitrogens with one attached hydrogen (secondary N) is 3. The van der Waals surface area contributed by atoms with Crippen LogP contribution in [-0.4, -0.2) is 303 Å². The van der Waals surface area contributed by atoms with Crippen molar-refractivity contribution >= 4 is 23.7 Å². The Labute approximate surface area is 402 Å². The second-order valence-corrected chi connectivity index (χ2v) is 17.3. The normalized spacial score (nSPS) is 40.3. The van der Waals surface area contributed by atoms with Crippen molar-refractivity contribution in [3.05, 3.63) is 0 Å². The molecule has 4 heterocycles. The number of carbonyl (C=O) groups is 4. The molecule has 3 amide bonds. The summed E-state index contributed by atoms with van der Waals surface area (Å²) in [5.41, 5.74) is 0. The first-order valence-electron chi connectivity index (χ1n) is 22.1. The molecule has 4 aliphatic rings. The van der Waals surface area contributed by atoms with E-state index in [9.17, 15) is 106 Å². The zero-order chi connectivity index (χ0) is 53.4. The second kappa shape index (κ2) is 26.4. The fourth-order valence-electron chi connectivity index (χ4n) is 8.53. The predicted octanol–water partition coefficient (Wildman–Crippen LogP) is -12.7. The number of aliphatic hydroxyl groups is 16. The van der Waals surface area contributed by atoms with E-state index in [0.717, 1.165) is 20.8 Å². The van der Waals surface area contributed by atoms with Gasteiger partial charge in [0.1, 0.15) is 110 Å². The van der Waals surface area contributed by atoms with Crippen LogP contribution in [0.25, 0.3) is 0 Å². The molecule has 0 aromatic rings. The SMILES string of the molecule is CC(=O)N[C@H]1[C@@H](O[C@@H]2[C@H](O[C@]3(C(=O)O)C[C@H](O)[C@@H](NC(C)=O)[C@H]([C@H](O)[C@H](O)CO)O3)[C@@H](O)[C@H](O[C@@H]([C@@H](O)[C@H](O)CO)[C@H](CO)NC(C)=O)O[C@@H]2CO)O[C@H](CO)[C@H](O)[C@@H]1O[C@@H]1O[C@H](CO)[C@H](O)[C@H](O)[C@H]1O. The topological polar surface area (TPSA) is 522 Å². The van der Waals surface area contributed by atoms with Crippen LogP contribution in [0.3, 0.4) is 0 Å². The van der Waals surface area contributed by atoms with E-state index in [1.807, 2.05) is 0 Å². The molecule has 4 aliphatic heterocycles. The minimum Gasteiger partial charge on any atom is -0.477 e. The molecule has 0 aromatic carbocycles. The van der Waals surface area contributed by atoms with Gasteiger partial charge in [-0.05, 0) is 0 Å². The molecule has 0 saturated carbocycles. The molecule has 4 rings (SSSR count). The smallest absolute Gasteiger partial charge is 0.364 e. The molecular weight excluding hydrogens is 974 g/mol. The van der Waals surface area contributed by atoms with Crippen LogP contribution in [0.2, 0.25) is 0 Å². The van der Waals surface area contributed by atoms with Crippen molar-refractivity contribution in [2.45, 2.75) is 180 Å². The lowest BCUT2D eigenvalue weighted by atomic mass is 9.88. The van der Waals surface area contributed by atoms with Crippen molar-refractivity contribution in [3.63, 3.8) is 0 Å². The van der Waals surface area contributed by atoms with Gasteiger partial charge in [-0.25, -0.2) is 4.79 Å². The van der Waals surface area contributed by atoms with Gasteiger partial charge in [0.15, 0.2) is 18.9 Å². The quantitative estimate of drug-likeness (QED) is 0.0452. The molecule has 25 atom stereocenters. The van der Waals surface area contributed by atoms with Gasteiger partial charge >= 0.3 is 5.97 Å². The summed E-state index contributed by atoms with van der Waals surface area (Å²) < 4.78 is 46.7. The lowest BCUT2D eigenvalue weighted by Crippen LogP contribution is -2.72. The van der Waals surface area contributed by atoms with Crippen LogP contribution in [0.5, 0.6) is 0 Å². The minimum absolute atomic E-state index is 0.852. The first kappa shape index (κ1) is 60.5. The Bertz CT molecular complexity index is 1720. The first-order valence-corrected chi connectivity index (χ1v) is 22.1. The van der Waals surface area contributed by atoms with E-state index in [2.05, 4.69) is 16.0 Å². The number of aliphatic hydroxyl groups excluding tert-OH is 16. The molecule has 412 valence electrons. The minimum atomic E-state index is -3.37. The number of rotatable bonds is 23. The third-order valence-electron chi connectivity index (χ3n) is 12.2. The van der Waals surface area contributed by atoms with Gasteiger partial charge in [0.2, 0.25) is 17.7 Å². The molecule has 71 heavy (non-hydrogen) atoms. The van der Waals surface area contributed by atoms with Crippen LogP contribution in [0, 0.1) is 0 Å². The molecule has 0 bridgehead atoms. The Morgan fingerprint density at radius 2 is 1.14 bits per heavy atom. The van der Waals surface area contributed by atoms with Crippen LogP contribution in [0.15, 0.2) is 0 Å². The molecule has 4 saturated heterocycles. The maximum atomic E-state index is 13.5. The summed E-state index contributed by atoms with van der Waals surface area (Å²) in [6, 6.07) is -5.36. The molecule has 0 unspecified atom stereocenters. The fraction of sp³-hybridized carbons (Fsp3) is 0.897. The number of amides is 3. The summed E-state index contributed by atoms with van der Waals surface area (Å²) >= 11 is 0. The summed E-state index contributed by atoms with van der Waals surface area (Å²) in [5.74, 6) is -8.20. The molecule has 32 heteroatoms. The molecular formula is C39H67N3O29. The number of hydrogen-bond donors (Lipinski definition) is 20. The Morgan fingerprint density at radius 3 is 1.66 bits per heavy atom. The number of ether oxygens (including phenoxy) is 8. The first-order chi connectivity index (χ1) is 33.3. The van der Waals surface area contributed by atoms with Gasteiger partial charge in [-0.2, -0.15) is 0 Å². The van der Waals surface area contributed by atoms with Gasteiger partial charge in [0, 0.05) is 27.2 Å². The third-order valence-corrected chi connectivity index (χ3v) is 12.2. The molecule has 32 nitrogen and oxygen atoms in total. The maximum absolute atomic E-state index is 13.5. The highest BCUT2D eigenvalue weighted by Crippen LogP contribution is 2.40. The van der Waals surface area contributed by atoms with Gasteiger partial charge in [-0.1, -0.05) is 0 Å². The van der Waals surface area contributed by atoms with E-state index in [1.165, 1.54) is 0 Å². The standard InChI is InChI=1S/C39H67N3O29/c1-11(49)40-14(5-43)30(23(55)16(53)6-44)67-37-29(61)34(71-39(38(62)63)4-15(52)21(41-12(2)50)33(70-39)24(56)17(54)7-45)31(20(10-48)66-37)68-35-22(42-13(3)51)32(26(58)19(9-47)64-35)69-36-28(60)27(59)25(57)18(8-46)65-36/h14-37,43-48,52-61H,4-10H2,1-3H3,(H,40,49)(H,41,50)(H,42,51)(H,62,63)/t14-,15-,16+,17+,18+,19+,20+,21+,22+,23-,24+,25-,26-,27-,28+,29+,30+,31-,32+,33+,34+,35+,36-,37-,39-/m0/s1. The van der Waals surface area contributed by atoms with Crippen molar-refractivity contribution in [3.8, 4) is 0 Å². The van der Waals surface area contributed by atoms with Crippen molar-refractivity contribution in [1.82, 2.24) is 16.0 Å². The van der Waals surface area contributed by atoms with Crippen LogP contribution in [0.1, 0.15) is 27.2 Å². The Morgan fingerprint density at radius 1 is 0.606 bits per heavy atom. The number of carbonyl (C=O) groups excluding carboxylic acids is 3. The van der Waals surface area contributed by atoms with E-state index in [-0.39, 0.29) is 0 Å². The van der Waals surface area contributed by atoms with Crippen molar-refractivity contribution in [2.75, 3.05) is 39.6 Å². The van der Waals surface area contributed by atoms with Gasteiger partial charge in [-0.3, -0.25) is 14.4 Å². The van der Waals surface area contributed by atoms with E-state index in [4.69, 9.17) is 37.9 Å². The average molecular weight is 1040 g/mol. The van der Waals surface area contributed by atoms with Gasteiger partial charge in [0.05, 0.1) is 57.8 Å². The van der Waals surface area contributed by atoms with Gasteiger partial charge in [0.25, 0.3) is 5.79 Å². The molecule has 4 fully saturated rings. The van der Waals surface area contributed by atoms with E-state index in [0.29, 0.717) is 0 Å². The predicted molar refractivity (Wildman–Crippen MR) is 221 cm³/mol. The summed E-state index contributed by atoms with van der Waals surface area (Å²) in [6.07, 6.45) is -45.8. The highest BCUT2D eigenvalue weighted by molar-refractivity contribution is 5.77. The van der Waals surface area contributed by atoms with Crippen LogP contribution in [0.4, 0.5) is 0 Å². The highest BCUT2D eigenvalue weighted by atomic mass is 16.8. The Kier molecular flexibility index (Phi) is 22.5. The van der Waals surface area contributed by atoms with Crippen molar-refractivity contribution in [2.24, 2.45) is 0 Å². The lowest BCUT2D eigenvalue weighted by molar-refractivity contribution is -0.397. The van der Waals surface area contributed by atoms with Crippen LogP contribution in [-0.2, 0) is 57.1 Å². The number of carboxylic acids is 1. The average Bonchev–Trinajstić information content (AvgIpc) is 3.32. The highest BCUT2D eigenvalue weighted by Gasteiger charge is 2.62. The third kappa shape index (κ3) is 14.0. The van der Waals surface area contributed by atoms with E-state index >= 15 is 0 Å². The van der Waals surface area contributed by atoms with Crippen molar-refractivity contribution < 1.29 is 144 Å². The largest absolute Gasteiger partial charge is 0.477 e. The fourth-order valence-corrected chi connectivity index (χ4v) is 8.53. The van der Waals surface area contributed by atoms with E-state index < -0.39 is 222 Å². The molecule has 20 N–H and O–H groups in total. The molecule has 0 aromatic heterocycles. The summed E-state index contributed by atoms with van der Waals surface area (Å²) in [6.45, 7) is -3.85. The van der Waals surface area contributed by atoms with Crippen molar-refractivity contribution in [1.29, 1.82) is 0 Å². The maximum Gasteiger partial charge on any atom is 0.364 e. The van der Waals surface area contributed by atoms with Crippen LogP contribution < -0.4 is 16.0 Å². The van der Waals surface area contributed by atoms with Crippen LogP contribution >= 0.6 is 0 Å². The Balaban J connectivity index is 1.91. The number of carboxylic acid groups (broad SMARTS) is 1. The lowest BCUT2D eigenvalue weighted by Gasteiger charge is -2.52. The zero-order valence-corrected chi connectivity index (χ0v) is 38.3. The summed E-state index contributed by atoms with van der Waals surface area (Å²) in [5, 5.41) is 188. The van der Waals surface area contributed by atoms with Gasteiger partial charge < -0.3 is 141 Å². The van der Waals surface area contributed by atoms with Gasteiger partial charge in [-0.15, -0.1) is 0 Å². The number of hydrogen-bond acceptors (Lipinski definition) is 28.